The Morgan fingerprint density at radius 2 is 2.12 bits per heavy atom. The fraction of sp³-hybridized carbons (Fsp3) is 0.682. The Balaban J connectivity index is 1.97. The number of rotatable bonds is 9. The predicted molar refractivity (Wildman–Crippen MR) is 123 cm³/mol. The molecule has 2 saturated heterocycles. The van der Waals surface area contributed by atoms with E-state index in [0.29, 0.717) is 31.1 Å². The fourth-order valence-electron chi connectivity index (χ4n) is 4.58. The molecular weight excluding hydrogens is 426 g/mol. The summed E-state index contributed by atoms with van der Waals surface area (Å²) < 4.78 is 5.97. The number of piperazine rings is 1. The van der Waals surface area contributed by atoms with Crippen LogP contribution in [0.5, 0.6) is 6.01 Å². The van der Waals surface area contributed by atoms with Gasteiger partial charge in [-0.2, -0.15) is 20.3 Å². The zero-order chi connectivity index (χ0) is 24.1. The van der Waals surface area contributed by atoms with Crippen LogP contribution in [0.2, 0.25) is 0 Å². The number of nitro groups is 1. The number of anilines is 1. The molecule has 180 valence electrons. The van der Waals surface area contributed by atoms with Crippen LogP contribution < -0.4 is 9.64 Å². The highest BCUT2D eigenvalue weighted by Crippen LogP contribution is 2.37. The number of hydroxylamine groups is 2. The summed E-state index contributed by atoms with van der Waals surface area (Å²) in [4.78, 5) is 24.5. The average Bonchev–Trinajstić information content (AvgIpc) is 3.10. The minimum absolute atomic E-state index is 0.0825. The SMILES string of the molecule is C=C(CCC)c1nc(OC[C@@H]2CC(C)CN2C)nc(N2CCN(O)C(CC#N)C2)c1[N+](=O)[O-]. The minimum Gasteiger partial charge on any atom is -0.462 e. The van der Waals surface area contributed by atoms with E-state index in [1.54, 1.807) is 4.90 Å². The molecule has 0 saturated carbocycles. The molecule has 1 N–H and O–H groups in total. The van der Waals surface area contributed by atoms with E-state index >= 15 is 0 Å². The summed E-state index contributed by atoms with van der Waals surface area (Å²) in [6.45, 7) is 10.4. The first-order valence-corrected chi connectivity index (χ1v) is 11.4. The molecule has 0 aliphatic carbocycles. The molecule has 33 heavy (non-hydrogen) atoms. The van der Waals surface area contributed by atoms with E-state index in [1.807, 2.05) is 6.92 Å². The maximum Gasteiger partial charge on any atom is 0.337 e. The zero-order valence-electron chi connectivity index (χ0n) is 19.6. The van der Waals surface area contributed by atoms with Gasteiger partial charge in [-0.3, -0.25) is 15.0 Å². The number of allylic oxidation sites excluding steroid dienone is 1. The summed E-state index contributed by atoms with van der Waals surface area (Å²) in [7, 11) is 2.05. The molecule has 2 aliphatic heterocycles. The molecule has 11 heteroatoms. The highest BCUT2D eigenvalue weighted by atomic mass is 16.6. The molecule has 3 rings (SSSR count). The number of hydrogen-bond donors (Lipinski definition) is 1. The smallest absolute Gasteiger partial charge is 0.337 e. The molecule has 0 amide bonds. The summed E-state index contributed by atoms with van der Waals surface area (Å²) in [5.41, 5.74) is 0.520. The number of aromatic nitrogens is 2. The van der Waals surface area contributed by atoms with Crippen molar-refractivity contribution in [1.29, 1.82) is 5.26 Å². The van der Waals surface area contributed by atoms with Crippen LogP contribution in [0, 0.1) is 27.4 Å². The number of likely N-dealkylation sites (tertiary alicyclic amines) is 1. The third kappa shape index (κ3) is 5.76. The molecule has 11 nitrogen and oxygen atoms in total. The first kappa shape index (κ1) is 24.8. The Bertz CT molecular complexity index is 919. The van der Waals surface area contributed by atoms with Gasteiger partial charge >= 0.3 is 11.7 Å². The summed E-state index contributed by atoms with van der Waals surface area (Å²) >= 11 is 0. The van der Waals surface area contributed by atoms with E-state index in [4.69, 9.17) is 10.00 Å². The van der Waals surface area contributed by atoms with Crippen LogP contribution in [0.3, 0.4) is 0 Å². The Hall–Kier alpha value is -2.81. The van der Waals surface area contributed by atoms with Crippen molar-refractivity contribution in [1.82, 2.24) is 19.9 Å². The molecule has 1 aromatic rings. The first-order chi connectivity index (χ1) is 15.7. The molecule has 2 fully saturated rings. The molecule has 1 aromatic heterocycles. The number of ether oxygens (including phenoxy) is 1. The van der Waals surface area contributed by atoms with Gasteiger partial charge in [-0.15, -0.1) is 0 Å². The molecular formula is C22H33N7O4. The number of nitrogens with zero attached hydrogens (tertiary/aromatic N) is 7. The van der Waals surface area contributed by atoms with E-state index < -0.39 is 11.0 Å². The van der Waals surface area contributed by atoms with Crippen molar-refractivity contribution in [3.05, 3.63) is 22.4 Å². The van der Waals surface area contributed by atoms with Crippen LogP contribution in [0.15, 0.2) is 6.58 Å². The van der Waals surface area contributed by atoms with Crippen molar-refractivity contribution in [2.45, 2.75) is 51.6 Å². The van der Waals surface area contributed by atoms with Gasteiger partial charge in [0.05, 0.1) is 23.5 Å². The first-order valence-electron chi connectivity index (χ1n) is 11.4. The largest absolute Gasteiger partial charge is 0.462 e. The molecule has 0 aromatic carbocycles. The predicted octanol–water partition coefficient (Wildman–Crippen LogP) is 2.71. The lowest BCUT2D eigenvalue weighted by molar-refractivity contribution is -0.384. The highest BCUT2D eigenvalue weighted by molar-refractivity contribution is 5.75. The van der Waals surface area contributed by atoms with E-state index in [1.165, 1.54) is 0 Å². The average molecular weight is 460 g/mol. The summed E-state index contributed by atoms with van der Waals surface area (Å²) in [6.07, 6.45) is 2.42. The van der Waals surface area contributed by atoms with Crippen molar-refractivity contribution in [2.24, 2.45) is 5.92 Å². The lowest BCUT2D eigenvalue weighted by Gasteiger charge is -2.37. The molecule has 0 bridgehead atoms. The maximum absolute atomic E-state index is 12.1. The Kier molecular flexibility index (Phi) is 8.18. The lowest BCUT2D eigenvalue weighted by atomic mass is 10.1. The van der Waals surface area contributed by atoms with Gasteiger partial charge in [-0.25, -0.2) is 0 Å². The minimum atomic E-state index is -0.480. The maximum atomic E-state index is 12.1. The quantitative estimate of drug-likeness (QED) is 0.434. The molecule has 2 aliphatic rings. The second-order valence-corrected chi connectivity index (χ2v) is 9.01. The number of likely N-dealkylation sites (N-methyl/N-ethyl adjacent to an activating group) is 1. The van der Waals surface area contributed by atoms with Gasteiger partial charge in [0.2, 0.25) is 5.82 Å². The van der Waals surface area contributed by atoms with Gasteiger partial charge in [0.1, 0.15) is 6.61 Å². The van der Waals surface area contributed by atoms with Crippen LogP contribution in [0.25, 0.3) is 5.57 Å². The molecule has 0 spiro atoms. The summed E-state index contributed by atoms with van der Waals surface area (Å²) in [6, 6.07) is 1.89. The monoisotopic (exact) mass is 459 g/mol. The van der Waals surface area contributed by atoms with E-state index in [0.717, 1.165) is 24.4 Å². The van der Waals surface area contributed by atoms with Crippen molar-refractivity contribution < 1.29 is 14.9 Å². The van der Waals surface area contributed by atoms with Crippen LogP contribution in [-0.2, 0) is 0 Å². The number of nitriles is 1. The zero-order valence-corrected chi connectivity index (χ0v) is 19.6. The van der Waals surface area contributed by atoms with Crippen LogP contribution in [0.1, 0.15) is 45.2 Å². The molecule has 3 atom stereocenters. The topological polar surface area (TPSA) is 132 Å². The van der Waals surface area contributed by atoms with E-state index in [2.05, 4.69) is 41.5 Å². The van der Waals surface area contributed by atoms with Crippen molar-refractivity contribution >= 4 is 17.1 Å². The second kappa shape index (κ2) is 10.9. The van der Waals surface area contributed by atoms with Gasteiger partial charge in [0.25, 0.3) is 0 Å². The highest BCUT2D eigenvalue weighted by Gasteiger charge is 2.35. The third-order valence-corrected chi connectivity index (χ3v) is 6.29. The Labute approximate surface area is 194 Å². The molecule has 3 heterocycles. The van der Waals surface area contributed by atoms with E-state index in [9.17, 15) is 15.3 Å². The van der Waals surface area contributed by atoms with Gasteiger partial charge < -0.3 is 14.8 Å². The van der Waals surface area contributed by atoms with Crippen molar-refractivity contribution in [3.63, 3.8) is 0 Å². The normalized spacial score (nSPS) is 24.0. The van der Waals surface area contributed by atoms with Gasteiger partial charge in [0.15, 0.2) is 5.69 Å². The summed E-state index contributed by atoms with van der Waals surface area (Å²) in [5.74, 6) is 0.713. The van der Waals surface area contributed by atoms with Gasteiger partial charge in [-0.1, -0.05) is 26.8 Å². The standard InChI is InChI=1S/C22H33N7O4/c1-5-6-16(3)19-20(29(31)32)21(27-9-10-28(30)17(13-27)7-8-23)25-22(24-19)33-14-18-11-15(2)12-26(18)4/h15,17-18,30H,3,5-7,9-14H2,1-2,4H3/t15?,17?,18-/m0/s1. The third-order valence-electron chi connectivity index (χ3n) is 6.29. The Morgan fingerprint density at radius 1 is 1.36 bits per heavy atom. The summed E-state index contributed by atoms with van der Waals surface area (Å²) in [5, 5.41) is 32.4. The van der Waals surface area contributed by atoms with Gasteiger partial charge in [0, 0.05) is 32.2 Å². The molecule has 0 radical (unpaired) electrons. The fourth-order valence-corrected chi connectivity index (χ4v) is 4.58. The van der Waals surface area contributed by atoms with Crippen molar-refractivity contribution in [2.75, 3.05) is 44.7 Å². The van der Waals surface area contributed by atoms with Crippen LogP contribution in [-0.4, -0.2) is 82.0 Å². The van der Waals surface area contributed by atoms with Crippen LogP contribution >= 0.6 is 0 Å². The van der Waals surface area contributed by atoms with E-state index in [-0.39, 0.29) is 48.8 Å². The van der Waals surface area contributed by atoms with Crippen LogP contribution in [0.4, 0.5) is 11.5 Å². The van der Waals surface area contributed by atoms with Gasteiger partial charge in [-0.05, 0) is 31.4 Å². The lowest BCUT2D eigenvalue weighted by Crippen LogP contribution is -2.52. The Morgan fingerprint density at radius 3 is 2.73 bits per heavy atom. The molecule has 2 unspecified atom stereocenters. The number of hydrogen-bond acceptors (Lipinski definition) is 10. The second-order valence-electron chi connectivity index (χ2n) is 9.01. The van der Waals surface area contributed by atoms with Crippen molar-refractivity contribution in [3.8, 4) is 12.1 Å².